The fraction of sp³-hybridized carbons (Fsp3) is 0.233. The Morgan fingerprint density at radius 2 is 1.80 bits per heavy atom. The SMILES string of the molecule is Cc1cc(C(C)Nc2ccc(Cl)nc2S(=O)(=O)NC(C)(C)C)c2oc(-c3ccccc3)c(/C(C=O)=C/N)c(=O)c2c1. The van der Waals surface area contributed by atoms with Gasteiger partial charge in [-0.05, 0) is 58.4 Å². The van der Waals surface area contributed by atoms with Crippen molar-refractivity contribution in [3.8, 4) is 11.3 Å². The second-order valence-electron chi connectivity index (χ2n) is 10.7. The zero-order valence-corrected chi connectivity index (χ0v) is 24.9. The number of hydrogen-bond acceptors (Lipinski definition) is 8. The maximum atomic E-state index is 13.9. The van der Waals surface area contributed by atoms with Crippen molar-refractivity contribution < 1.29 is 17.6 Å². The summed E-state index contributed by atoms with van der Waals surface area (Å²) in [5.41, 5.74) is 7.02. The molecule has 1 unspecified atom stereocenters. The summed E-state index contributed by atoms with van der Waals surface area (Å²) in [6, 6.07) is 14.9. The number of aldehydes is 1. The van der Waals surface area contributed by atoms with Gasteiger partial charge in [0.2, 0.25) is 5.43 Å². The predicted molar refractivity (Wildman–Crippen MR) is 162 cm³/mol. The number of nitrogens with zero attached hydrogens (tertiary/aromatic N) is 1. The minimum Gasteiger partial charge on any atom is -0.455 e. The normalized spacial score (nSPS) is 13.3. The highest BCUT2D eigenvalue weighted by atomic mass is 35.5. The smallest absolute Gasteiger partial charge is 0.260 e. The molecule has 2 heterocycles. The van der Waals surface area contributed by atoms with Gasteiger partial charge in [-0.2, -0.15) is 0 Å². The molecule has 0 radical (unpaired) electrons. The lowest BCUT2D eigenvalue weighted by molar-refractivity contribution is -0.103. The standard InChI is InChI=1S/C30H31ClN4O5S/c1-17-13-21(18(2)33-23-11-12-24(31)34-29(23)41(38,39)35-30(3,4)5)28-22(14-17)26(37)25(20(15-32)16-36)27(40-28)19-9-7-6-8-10-19/h6-16,18,33,35H,32H2,1-5H3/b20-15+. The van der Waals surface area contributed by atoms with Gasteiger partial charge in [-0.25, -0.2) is 18.1 Å². The highest BCUT2D eigenvalue weighted by Crippen LogP contribution is 2.35. The number of fused-ring (bicyclic) bond motifs is 1. The molecule has 11 heteroatoms. The average molecular weight is 595 g/mol. The van der Waals surface area contributed by atoms with Crippen molar-refractivity contribution in [2.75, 3.05) is 5.32 Å². The van der Waals surface area contributed by atoms with Crippen LogP contribution in [0.4, 0.5) is 5.69 Å². The van der Waals surface area contributed by atoms with Crippen LogP contribution in [-0.4, -0.2) is 25.2 Å². The van der Waals surface area contributed by atoms with E-state index >= 15 is 0 Å². The van der Waals surface area contributed by atoms with Crippen LogP contribution in [0.15, 0.2) is 75.0 Å². The Bertz CT molecular complexity index is 1830. The number of carbonyl (C=O) groups is 1. The van der Waals surface area contributed by atoms with Gasteiger partial charge in [0.05, 0.1) is 22.7 Å². The molecule has 0 saturated heterocycles. The van der Waals surface area contributed by atoms with E-state index in [2.05, 4.69) is 15.0 Å². The average Bonchev–Trinajstić information content (AvgIpc) is 2.90. The van der Waals surface area contributed by atoms with Gasteiger partial charge in [-0.3, -0.25) is 9.59 Å². The molecule has 4 aromatic rings. The molecule has 0 fully saturated rings. The number of nitrogens with one attached hydrogen (secondary N) is 2. The second kappa shape index (κ2) is 11.5. The third-order valence-corrected chi connectivity index (χ3v) is 8.07. The number of nitrogens with two attached hydrogens (primary N) is 1. The van der Waals surface area contributed by atoms with Crippen LogP contribution in [0.2, 0.25) is 5.15 Å². The van der Waals surface area contributed by atoms with Crippen LogP contribution in [0.1, 0.15) is 50.4 Å². The van der Waals surface area contributed by atoms with E-state index in [-0.39, 0.29) is 43.7 Å². The molecule has 0 bridgehead atoms. The van der Waals surface area contributed by atoms with Crippen molar-refractivity contribution in [1.82, 2.24) is 9.71 Å². The van der Waals surface area contributed by atoms with Gasteiger partial charge in [-0.15, -0.1) is 0 Å². The van der Waals surface area contributed by atoms with Gasteiger partial charge in [-0.1, -0.05) is 48.0 Å². The number of sulfonamides is 1. The summed E-state index contributed by atoms with van der Waals surface area (Å²) in [6.45, 7) is 8.80. The van der Waals surface area contributed by atoms with Crippen molar-refractivity contribution in [1.29, 1.82) is 0 Å². The van der Waals surface area contributed by atoms with E-state index in [4.69, 9.17) is 21.8 Å². The summed E-state index contributed by atoms with van der Waals surface area (Å²) < 4.78 is 35.5. The van der Waals surface area contributed by atoms with Crippen molar-refractivity contribution in [3.05, 3.63) is 92.9 Å². The molecule has 41 heavy (non-hydrogen) atoms. The number of rotatable bonds is 8. The fourth-order valence-electron chi connectivity index (χ4n) is 4.53. The van der Waals surface area contributed by atoms with Gasteiger partial charge in [0.15, 0.2) is 11.3 Å². The number of aryl methyl sites for hydroxylation is 1. The Balaban J connectivity index is 1.93. The lowest BCUT2D eigenvalue weighted by Crippen LogP contribution is -2.41. The first-order valence-electron chi connectivity index (χ1n) is 12.8. The lowest BCUT2D eigenvalue weighted by Gasteiger charge is -2.23. The second-order valence-corrected chi connectivity index (χ2v) is 12.7. The van der Waals surface area contributed by atoms with Crippen molar-refractivity contribution in [2.24, 2.45) is 5.73 Å². The van der Waals surface area contributed by atoms with Gasteiger partial charge in [0, 0.05) is 28.4 Å². The maximum absolute atomic E-state index is 13.9. The van der Waals surface area contributed by atoms with Crippen LogP contribution in [0.3, 0.4) is 0 Å². The van der Waals surface area contributed by atoms with E-state index in [1.807, 2.05) is 26.0 Å². The van der Waals surface area contributed by atoms with Crippen molar-refractivity contribution in [3.63, 3.8) is 0 Å². The Labute approximate surface area is 243 Å². The number of anilines is 1. The quantitative estimate of drug-likeness (QED) is 0.136. The largest absolute Gasteiger partial charge is 0.455 e. The van der Waals surface area contributed by atoms with Crippen LogP contribution >= 0.6 is 11.6 Å². The molecule has 1 atom stereocenters. The van der Waals surface area contributed by atoms with Gasteiger partial charge < -0.3 is 15.5 Å². The molecule has 0 saturated carbocycles. The molecule has 0 amide bonds. The summed E-state index contributed by atoms with van der Waals surface area (Å²) in [4.78, 5) is 29.8. The summed E-state index contributed by atoms with van der Waals surface area (Å²) in [6.07, 6.45) is 1.60. The number of allylic oxidation sites excluding steroid dienone is 1. The van der Waals surface area contributed by atoms with Crippen LogP contribution in [0.5, 0.6) is 0 Å². The van der Waals surface area contributed by atoms with Crippen LogP contribution < -0.4 is 21.2 Å². The number of pyridine rings is 1. The van der Waals surface area contributed by atoms with Crippen LogP contribution in [0.25, 0.3) is 27.9 Å². The van der Waals surface area contributed by atoms with Gasteiger partial charge >= 0.3 is 0 Å². The Kier molecular flexibility index (Phi) is 8.39. The lowest BCUT2D eigenvalue weighted by atomic mass is 9.96. The molecule has 4 N–H and O–H groups in total. The first-order valence-corrected chi connectivity index (χ1v) is 14.6. The van der Waals surface area contributed by atoms with E-state index < -0.39 is 27.0 Å². The zero-order valence-electron chi connectivity index (χ0n) is 23.3. The third kappa shape index (κ3) is 6.35. The summed E-state index contributed by atoms with van der Waals surface area (Å²) in [7, 11) is -4.05. The Morgan fingerprint density at radius 1 is 1.12 bits per heavy atom. The number of aromatic nitrogens is 1. The van der Waals surface area contributed by atoms with Gasteiger partial charge in [0.1, 0.15) is 16.5 Å². The first-order chi connectivity index (χ1) is 19.3. The molecule has 9 nitrogen and oxygen atoms in total. The van der Waals surface area contributed by atoms with Gasteiger partial charge in [0.25, 0.3) is 10.0 Å². The minimum atomic E-state index is -4.05. The van der Waals surface area contributed by atoms with Crippen molar-refractivity contribution >= 4 is 50.1 Å². The molecule has 0 aliphatic heterocycles. The highest BCUT2D eigenvalue weighted by Gasteiger charge is 2.28. The minimum absolute atomic E-state index is 0.00201. The topological polar surface area (TPSA) is 144 Å². The van der Waals surface area contributed by atoms with Crippen LogP contribution in [-0.2, 0) is 14.8 Å². The fourth-order valence-corrected chi connectivity index (χ4v) is 6.26. The van der Waals surface area contributed by atoms with Crippen LogP contribution in [0, 0.1) is 6.92 Å². The van der Waals surface area contributed by atoms with E-state index in [1.54, 1.807) is 51.1 Å². The van der Waals surface area contributed by atoms with E-state index in [0.29, 0.717) is 17.4 Å². The summed E-state index contributed by atoms with van der Waals surface area (Å²) in [5, 5.41) is 3.22. The number of benzene rings is 2. The Hall–Kier alpha value is -3.99. The highest BCUT2D eigenvalue weighted by molar-refractivity contribution is 7.89. The summed E-state index contributed by atoms with van der Waals surface area (Å²) >= 11 is 6.08. The van der Waals surface area contributed by atoms with E-state index in [1.165, 1.54) is 12.1 Å². The summed E-state index contributed by atoms with van der Waals surface area (Å²) in [5.74, 6) is 0.190. The monoisotopic (exact) mass is 594 g/mol. The molecule has 0 aliphatic carbocycles. The van der Waals surface area contributed by atoms with Crippen molar-refractivity contribution in [2.45, 2.75) is 51.2 Å². The zero-order chi connectivity index (χ0) is 30.1. The van der Waals surface area contributed by atoms with E-state index in [9.17, 15) is 18.0 Å². The molecular formula is C30H31ClN4O5S. The molecular weight excluding hydrogens is 564 g/mol. The molecule has 214 valence electrons. The Morgan fingerprint density at radius 3 is 2.41 bits per heavy atom. The third-order valence-electron chi connectivity index (χ3n) is 6.16. The molecule has 2 aromatic heterocycles. The molecule has 2 aromatic carbocycles. The number of carbonyl (C=O) groups excluding carboxylic acids is 1. The predicted octanol–water partition coefficient (Wildman–Crippen LogP) is 5.57. The number of halogens is 1. The maximum Gasteiger partial charge on any atom is 0.260 e. The first kappa shape index (κ1) is 30.0. The van der Waals surface area contributed by atoms with E-state index in [0.717, 1.165) is 11.8 Å². The number of hydrogen-bond donors (Lipinski definition) is 3. The molecule has 0 spiro atoms. The molecule has 4 rings (SSSR count). The molecule has 0 aliphatic rings.